The number of rotatable bonds is 5. The Morgan fingerprint density at radius 2 is 2.05 bits per heavy atom. The molecule has 0 saturated heterocycles. The number of benzene rings is 2. The van der Waals surface area contributed by atoms with Gasteiger partial charge in [-0.2, -0.15) is 5.26 Å². The zero-order valence-electron chi connectivity index (χ0n) is 12.7. The van der Waals surface area contributed by atoms with Gasteiger partial charge in [0.25, 0.3) is 0 Å². The van der Waals surface area contributed by atoms with E-state index >= 15 is 0 Å². The van der Waals surface area contributed by atoms with Crippen LogP contribution >= 0.6 is 0 Å². The molecular weight excluding hydrogens is 276 g/mol. The van der Waals surface area contributed by atoms with Crippen molar-refractivity contribution in [1.29, 1.82) is 5.26 Å². The molecule has 112 valence electrons. The predicted octanol–water partition coefficient (Wildman–Crippen LogP) is 3.45. The van der Waals surface area contributed by atoms with Gasteiger partial charge in [-0.25, -0.2) is 0 Å². The van der Waals surface area contributed by atoms with Gasteiger partial charge in [0, 0.05) is 11.7 Å². The first kappa shape index (κ1) is 15.6. The first-order valence-corrected chi connectivity index (χ1v) is 7.04. The highest BCUT2D eigenvalue weighted by molar-refractivity contribution is 5.72. The van der Waals surface area contributed by atoms with Gasteiger partial charge >= 0.3 is 5.97 Å². The van der Waals surface area contributed by atoms with Crippen LogP contribution in [-0.4, -0.2) is 13.1 Å². The van der Waals surface area contributed by atoms with E-state index in [1.54, 1.807) is 6.07 Å². The first-order chi connectivity index (χ1) is 10.6. The molecule has 0 radical (unpaired) electrons. The second-order valence-corrected chi connectivity index (χ2v) is 5.06. The van der Waals surface area contributed by atoms with Crippen LogP contribution in [0.3, 0.4) is 0 Å². The highest BCUT2D eigenvalue weighted by Crippen LogP contribution is 2.21. The summed E-state index contributed by atoms with van der Waals surface area (Å²) in [7, 11) is 1.38. The molecule has 4 heteroatoms. The zero-order valence-corrected chi connectivity index (χ0v) is 12.7. The van der Waals surface area contributed by atoms with Gasteiger partial charge in [-0.1, -0.05) is 24.3 Å². The largest absolute Gasteiger partial charge is 0.469 e. The number of hydrogen-bond donors (Lipinski definition) is 1. The Hall–Kier alpha value is -2.80. The van der Waals surface area contributed by atoms with E-state index < -0.39 is 0 Å². The van der Waals surface area contributed by atoms with Crippen LogP contribution in [0.4, 0.5) is 5.69 Å². The Morgan fingerprint density at radius 1 is 1.27 bits per heavy atom. The number of nitrogens with zero attached hydrogens (tertiary/aromatic N) is 1. The van der Waals surface area contributed by atoms with E-state index in [1.807, 2.05) is 49.4 Å². The second-order valence-electron chi connectivity index (χ2n) is 5.06. The van der Waals surface area contributed by atoms with Crippen molar-refractivity contribution >= 4 is 11.7 Å². The molecule has 0 saturated carbocycles. The number of methoxy groups -OCH3 is 1. The minimum Gasteiger partial charge on any atom is -0.469 e. The molecule has 0 heterocycles. The van der Waals surface area contributed by atoms with Gasteiger partial charge < -0.3 is 10.1 Å². The maximum absolute atomic E-state index is 11.3. The van der Waals surface area contributed by atoms with E-state index in [1.165, 1.54) is 7.11 Å². The van der Waals surface area contributed by atoms with Crippen molar-refractivity contribution in [3.8, 4) is 6.07 Å². The summed E-state index contributed by atoms with van der Waals surface area (Å²) in [6.07, 6.45) is 0.254. The second kappa shape index (κ2) is 7.28. The van der Waals surface area contributed by atoms with Crippen LogP contribution in [0.15, 0.2) is 48.5 Å². The molecule has 1 atom stereocenters. The third kappa shape index (κ3) is 4.10. The number of carbonyl (C=O) groups is 1. The van der Waals surface area contributed by atoms with Crippen molar-refractivity contribution < 1.29 is 9.53 Å². The average Bonchev–Trinajstić information content (AvgIpc) is 2.55. The number of anilines is 1. The van der Waals surface area contributed by atoms with E-state index in [2.05, 4.69) is 16.1 Å². The maximum Gasteiger partial charge on any atom is 0.309 e. The third-order valence-corrected chi connectivity index (χ3v) is 3.40. The van der Waals surface area contributed by atoms with Crippen molar-refractivity contribution in [2.45, 2.75) is 19.4 Å². The lowest BCUT2D eigenvalue weighted by atomic mass is 10.0. The SMILES string of the molecule is COC(=O)Cc1cccc(NC(C)c2cccc(C#N)c2)c1. The number of esters is 1. The van der Waals surface area contributed by atoms with Gasteiger partial charge in [-0.05, 0) is 42.3 Å². The molecule has 0 aliphatic rings. The molecule has 4 nitrogen and oxygen atoms in total. The Kier molecular flexibility index (Phi) is 5.16. The van der Waals surface area contributed by atoms with Gasteiger partial charge in [-0.3, -0.25) is 4.79 Å². The summed E-state index contributed by atoms with van der Waals surface area (Å²) >= 11 is 0. The lowest BCUT2D eigenvalue weighted by Gasteiger charge is -2.16. The molecule has 2 aromatic rings. The maximum atomic E-state index is 11.3. The molecule has 1 N–H and O–H groups in total. The van der Waals surface area contributed by atoms with E-state index in [0.717, 1.165) is 16.8 Å². The summed E-state index contributed by atoms with van der Waals surface area (Å²) in [4.78, 5) is 11.3. The summed E-state index contributed by atoms with van der Waals surface area (Å²) in [5, 5.41) is 12.3. The van der Waals surface area contributed by atoms with E-state index in [-0.39, 0.29) is 18.4 Å². The topological polar surface area (TPSA) is 62.1 Å². The summed E-state index contributed by atoms with van der Waals surface area (Å²) in [5.74, 6) is -0.257. The molecule has 0 aliphatic carbocycles. The highest BCUT2D eigenvalue weighted by atomic mass is 16.5. The molecule has 2 aromatic carbocycles. The van der Waals surface area contributed by atoms with Gasteiger partial charge in [-0.15, -0.1) is 0 Å². The van der Waals surface area contributed by atoms with Gasteiger partial charge in [0.1, 0.15) is 0 Å². The molecule has 0 fully saturated rings. The molecule has 22 heavy (non-hydrogen) atoms. The van der Waals surface area contributed by atoms with Crippen molar-refractivity contribution in [3.63, 3.8) is 0 Å². The van der Waals surface area contributed by atoms with Crippen molar-refractivity contribution in [3.05, 3.63) is 65.2 Å². The van der Waals surface area contributed by atoms with E-state index in [0.29, 0.717) is 5.56 Å². The standard InChI is InChI=1S/C18H18N2O2/c1-13(16-7-3-6-15(9-16)12-19)20-17-8-4-5-14(10-17)11-18(21)22-2/h3-10,13,20H,11H2,1-2H3. The lowest BCUT2D eigenvalue weighted by molar-refractivity contribution is -0.139. The van der Waals surface area contributed by atoms with Crippen molar-refractivity contribution in [1.82, 2.24) is 0 Å². The van der Waals surface area contributed by atoms with Gasteiger partial charge in [0.15, 0.2) is 0 Å². The first-order valence-electron chi connectivity index (χ1n) is 7.04. The highest BCUT2D eigenvalue weighted by Gasteiger charge is 2.08. The number of nitrogens with one attached hydrogen (secondary N) is 1. The molecule has 0 aliphatic heterocycles. The molecule has 0 amide bonds. The van der Waals surface area contributed by atoms with Crippen LogP contribution in [0.5, 0.6) is 0 Å². The molecule has 0 spiro atoms. The molecule has 0 aromatic heterocycles. The van der Waals surface area contributed by atoms with Crippen LogP contribution in [-0.2, 0) is 16.0 Å². The van der Waals surface area contributed by atoms with Crippen molar-refractivity contribution in [2.75, 3.05) is 12.4 Å². The molecule has 0 bridgehead atoms. The number of ether oxygens (including phenoxy) is 1. The van der Waals surface area contributed by atoms with Crippen LogP contribution < -0.4 is 5.32 Å². The average molecular weight is 294 g/mol. The third-order valence-electron chi connectivity index (χ3n) is 3.40. The summed E-state index contributed by atoms with van der Waals surface area (Å²) in [6, 6.07) is 17.4. The van der Waals surface area contributed by atoms with E-state index in [9.17, 15) is 4.79 Å². The monoisotopic (exact) mass is 294 g/mol. The summed E-state index contributed by atoms with van der Waals surface area (Å²) in [6.45, 7) is 2.03. The van der Waals surface area contributed by atoms with Crippen LogP contribution in [0, 0.1) is 11.3 Å². The lowest BCUT2D eigenvalue weighted by Crippen LogP contribution is -2.08. The fraction of sp³-hybridized carbons (Fsp3) is 0.222. The van der Waals surface area contributed by atoms with E-state index in [4.69, 9.17) is 5.26 Å². The number of carbonyl (C=O) groups excluding carboxylic acids is 1. The Balaban J connectivity index is 2.11. The Bertz CT molecular complexity index is 704. The van der Waals surface area contributed by atoms with Crippen LogP contribution in [0.1, 0.15) is 29.7 Å². The van der Waals surface area contributed by atoms with Crippen LogP contribution in [0.2, 0.25) is 0 Å². The van der Waals surface area contributed by atoms with Crippen LogP contribution in [0.25, 0.3) is 0 Å². The molecule has 2 rings (SSSR count). The molecular formula is C18H18N2O2. The Labute approximate surface area is 130 Å². The zero-order chi connectivity index (χ0) is 15.9. The fourth-order valence-corrected chi connectivity index (χ4v) is 2.22. The predicted molar refractivity (Wildman–Crippen MR) is 85.4 cm³/mol. The molecule has 1 unspecified atom stereocenters. The minimum atomic E-state index is -0.257. The minimum absolute atomic E-state index is 0.0571. The smallest absolute Gasteiger partial charge is 0.309 e. The number of hydrogen-bond acceptors (Lipinski definition) is 4. The fourth-order valence-electron chi connectivity index (χ4n) is 2.22. The summed E-state index contributed by atoms with van der Waals surface area (Å²) in [5.41, 5.74) is 3.51. The van der Waals surface area contributed by atoms with Gasteiger partial charge in [0.2, 0.25) is 0 Å². The quantitative estimate of drug-likeness (QED) is 0.858. The van der Waals surface area contributed by atoms with Crippen molar-refractivity contribution in [2.24, 2.45) is 0 Å². The summed E-state index contributed by atoms with van der Waals surface area (Å²) < 4.78 is 4.68. The normalized spacial score (nSPS) is 11.3. The number of nitriles is 1. The Morgan fingerprint density at radius 3 is 2.77 bits per heavy atom. The van der Waals surface area contributed by atoms with Gasteiger partial charge in [0.05, 0.1) is 25.2 Å².